The van der Waals surface area contributed by atoms with Crippen LogP contribution in [0.2, 0.25) is 0 Å². The molecule has 35 heavy (non-hydrogen) atoms. The van der Waals surface area contributed by atoms with Gasteiger partial charge in [0.05, 0.1) is 30.3 Å². The SMILES string of the molecule is COC(=O)[C@@H]1C(=O)C2=C(C[C@@H]1C)NC(C)=C(C(=O)OCCOC(C)C)[C@@H]2c1cccc([N+](=O)[O-])c1. The number of carbonyl (C=O) groups excluding carboxylic acids is 3. The van der Waals surface area contributed by atoms with Crippen LogP contribution in [0.25, 0.3) is 0 Å². The smallest absolute Gasteiger partial charge is 0.336 e. The minimum Gasteiger partial charge on any atom is -0.468 e. The molecule has 10 heteroatoms. The van der Waals surface area contributed by atoms with Gasteiger partial charge in [-0.3, -0.25) is 19.7 Å². The van der Waals surface area contributed by atoms with E-state index in [2.05, 4.69) is 5.32 Å². The molecule has 0 aromatic heterocycles. The summed E-state index contributed by atoms with van der Waals surface area (Å²) < 4.78 is 15.7. The topological polar surface area (TPSA) is 134 Å². The monoisotopic (exact) mass is 486 g/mol. The minimum atomic E-state index is -1.04. The highest BCUT2D eigenvalue weighted by molar-refractivity contribution is 6.12. The van der Waals surface area contributed by atoms with Crippen LogP contribution in [0, 0.1) is 22.0 Å². The number of nitrogens with zero attached hydrogens (tertiary/aromatic N) is 1. The molecule has 1 N–H and O–H groups in total. The molecule has 0 radical (unpaired) electrons. The lowest BCUT2D eigenvalue weighted by Crippen LogP contribution is -2.43. The fourth-order valence-electron chi connectivity index (χ4n) is 4.60. The van der Waals surface area contributed by atoms with Gasteiger partial charge in [0.15, 0.2) is 5.78 Å². The summed E-state index contributed by atoms with van der Waals surface area (Å²) in [4.78, 5) is 50.3. The Morgan fingerprint density at radius 1 is 1.26 bits per heavy atom. The summed E-state index contributed by atoms with van der Waals surface area (Å²) >= 11 is 0. The number of esters is 2. The molecule has 2 aliphatic rings. The highest BCUT2D eigenvalue weighted by Gasteiger charge is 2.47. The first kappa shape index (κ1) is 26.1. The van der Waals surface area contributed by atoms with Gasteiger partial charge in [0.1, 0.15) is 12.5 Å². The Labute approximate surface area is 203 Å². The number of benzene rings is 1. The van der Waals surface area contributed by atoms with Crippen molar-refractivity contribution < 1.29 is 33.5 Å². The van der Waals surface area contributed by atoms with Crippen molar-refractivity contribution in [2.75, 3.05) is 20.3 Å². The number of nitro benzene ring substituents is 1. The number of Topliss-reactive ketones (excluding diaryl/α,β-unsaturated/α-hetero) is 1. The van der Waals surface area contributed by atoms with Gasteiger partial charge < -0.3 is 19.5 Å². The minimum absolute atomic E-state index is 0.00286. The molecular weight excluding hydrogens is 456 g/mol. The second-order valence-electron chi connectivity index (χ2n) is 8.94. The Morgan fingerprint density at radius 2 is 1.97 bits per heavy atom. The van der Waals surface area contributed by atoms with Crippen LogP contribution in [0.1, 0.15) is 45.6 Å². The standard InChI is InChI=1S/C25H30N2O8/c1-13(2)34-9-10-35-25(30)20-15(4)26-18-11-14(3)19(24(29)33-5)23(28)22(18)21(20)16-7-6-8-17(12-16)27(31)32/h6-8,12-14,19,21,26H,9-11H2,1-5H3/t14-,19-,21-/m0/s1. The van der Waals surface area contributed by atoms with Crippen molar-refractivity contribution in [3.05, 3.63) is 62.5 Å². The van der Waals surface area contributed by atoms with Crippen molar-refractivity contribution in [2.45, 2.75) is 46.1 Å². The Morgan fingerprint density at radius 3 is 2.60 bits per heavy atom. The number of carbonyl (C=O) groups is 3. The summed E-state index contributed by atoms with van der Waals surface area (Å²) in [6.07, 6.45) is 0.335. The highest BCUT2D eigenvalue weighted by atomic mass is 16.6. The third-order valence-corrected chi connectivity index (χ3v) is 6.14. The summed E-state index contributed by atoms with van der Waals surface area (Å²) in [6.45, 7) is 7.39. The number of methoxy groups -OCH3 is 1. The molecule has 0 fully saturated rings. The van der Waals surface area contributed by atoms with E-state index in [1.165, 1.54) is 25.3 Å². The molecule has 0 saturated carbocycles. The zero-order valence-electron chi connectivity index (χ0n) is 20.5. The number of hydrogen-bond acceptors (Lipinski definition) is 9. The van der Waals surface area contributed by atoms with Crippen LogP contribution >= 0.6 is 0 Å². The van der Waals surface area contributed by atoms with Gasteiger partial charge in [-0.15, -0.1) is 0 Å². The summed E-state index contributed by atoms with van der Waals surface area (Å²) in [5.41, 5.74) is 1.63. The number of non-ortho nitro benzene ring substituents is 1. The zero-order chi connectivity index (χ0) is 25.9. The maximum Gasteiger partial charge on any atom is 0.336 e. The molecule has 0 amide bonds. The van der Waals surface area contributed by atoms with E-state index in [1.807, 2.05) is 13.8 Å². The van der Waals surface area contributed by atoms with Crippen LogP contribution in [0.5, 0.6) is 0 Å². The first-order chi connectivity index (χ1) is 16.6. The lowest BCUT2D eigenvalue weighted by Gasteiger charge is -2.38. The van der Waals surface area contributed by atoms with Crippen LogP contribution in [0.4, 0.5) is 5.69 Å². The van der Waals surface area contributed by atoms with Crippen LogP contribution in [-0.2, 0) is 28.6 Å². The van der Waals surface area contributed by atoms with Crippen LogP contribution < -0.4 is 5.32 Å². The maximum atomic E-state index is 13.7. The zero-order valence-corrected chi connectivity index (χ0v) is 20.5. The van der Waals surface area contributed by atoms with E-state index in [0.717, 1.165) is 0 Å². The van der Waals surface area contributed by atoms with Gasteiger partial charge in [0, 0.05) is 35.0 Å². The Balaban J connectivity index is 2.09. The lowest BCUT2D eigenvalue weighted by atomic mass is 9.69. The molecule has 1 aliphatic carbocycles. The molecule has 0 spiro atoms. The van der Waals surface area contributed by atoms with E-state index in [9.17, 15) is 24.5 Å². The number of hydrogen-bond donors (Lipinski definition) is 1. The molecule has 10 nitrogen and oxygen atoms in total. The van der Waals surface area contributed by atoms with Gasteiger partial charge in [0.2, 0.25) is 0 Å². The van der Waals surface area contributed by atoms with Gasteiger partial charge in [-0.05, 0) is 38.7 Å². The van der Waals surface area contributed by atoms with Crippen LogP contribution in [0.15, 0.2) is 46.8 Å². The quantitative estimate of drug-likeness (QED) is 0.193. The number of ketones is 1. The van der Waals surface area contributed by atoms with Crippen molar-refractivity contribution in [2.24, 2.45) is 11.8 Å². The highest BCUT2D eigenvalue weighted by Crippen LogP contribution is 2.45. The molecule has 1 aromatic carbocycles. The third kappa shape index (κ3) is 5.43. The second-order valence-corrected chi connectivity index (χ2v) is 8.94. The molecule has 0 bridgehead atoms. The second kappa shape index (κ2) is 10.8. The number of nitro groups is 1. The molecule has 3 rings (SSSR count). The maximum absolute atomic E-state index is 13.7. The summed E-state index contributed by atoms with van der Waals surface area (Å²) in [6, 6.07) is 5.79. The number of dihydropyridines is 1. The number of ether oxygens (including phenoxy) is 3. The average molecular weight is 487 g/mol. The van der Waals surface area contributed by atoms with Crippen LogP contribution in [-0.4, -0.2) is 49.1 Å². The average Bonchev–Trinajstić information content (AvgIpc) is 2.80. The van der Waals surface area contributed by atoms with Crippen LogP contribution in [0.3, 0.4) is 0 Å². The molecule has 1 aromatic rings. The molecule has 0 unspecified atom stereocenters. The van der Waals surface area contributed by atoms with Gasteiger partial charge in [-0.25, -0.2) is 4.79 Å². The lowest BCUT2D eigenvalue weighted by molar-refractivity contribution is -0.384. The van der Waals surface area contributed by atoms with Crippen molar-refractivity contribution >= 4 is 23.4 Å². The summed E-state index contributed by atoms with van der Waals surface area (Å²) in [5, 5.41) is 14.6. The van der Waals surface area contributed by atoms with E-state index in [0.29, 0.717) is 23.4 Å². The van der Waals surface area contributed by atoms with Crippen molar-refractivity contribution in [3.8, 4) is 0 Å². The van der Waals surface area contributed by atoms with E-state index >= 15 is 0 Å². The number of allylic oxidation sites excluding steroid dienone is 3. The van der Waals surface area contributed by atoms with E-state index in [4.69, 9.17) is 14.2 Å². The van der Waals surface area contributed by atoms with Gasteiger partial charge in [-0.1, -0.05) is 19.1 Å². The molecule has 1 heterocycles. The van der Waals surface area contributed by atoms with Gasteiger partial charge in [0.25, 0.3) is 5.69 Å². The molecule has 0 saturated heterocycles. The van der Waals surface area contributed by atoms with Crippen molar-refractivity contribution in [3.63, 3.8) is 0 Å². The van der Waals surface area contributed by atoms with E-state index in [1.54, 1.807) is 19.9 Å². The van der Waals surface area contributed by atoms with E-state index < -0.39 is 34.5 Å². The fraction of sp³-hybridized carbons (Fsp3) is 0.480. The summed E-state index contributed by atoms with van der Waals surface area (Å²) in [7, 11) is 1.22. The van der Waals surface area contributed by atoms with Gasteiger partial charge in [-0.2, -0.15) is 0 Å². The van der Waals surface area contributed by atoms with E-state index in [-0.39, 0.29) is 42.1 Å². The summed E-state index contributed by atoms with van der Waals surface area (Å²) in [5.74, 6) is -4.13. The number of nitrogens with one attached hydrogen (secondary N) is 1. The Kier molecular flexibility index (Phi) is 8.06. The largest absolute Gasteiger partial charge is 0.468 e. The predicted molar refractivity (Wildman–Crippen MR) is 125 cm³/mol. The van der Waals surface area contributed by atoms with Crippen molar-refractivity contribution in [1.29, 1.82) is 0 Å². The Bertz CT molecular complexity index is 1100. The van der Waals surface area contributed by atoms with Gasteiger partial charge >= 0.3 is 11.9 Å². The first-order valence-corrected chi connectivity index (χ1v) is 11.4. The first-order valence-electron chi connectivity index (χ1n) is 11.4. The molecular formula is C25H30N2O8. The number of rotatable bonds is 8. The normalized spacial score (nSPS) is 22.0. The Hall–Kier alpha value is -3.53. The fourth-order valence-corrected chi connectivity index (χ4v) is 4.60. The predicted octanol–water partition coefficient (Wildman–Crippen LogP) is 3.18. The molecule has 3 atom stereocenters. The third-order valence-electron chi connectivity index (χ3n) is 6.14. The molecule has 188 valence electrons. The van der Waals surface area contributed by atoms with Crippen molar-refractivity contribution in [1.82, 2.24) is 5.32 Å². The molecule has 1 aliphatic heterocycles.